The molecular weight excluding hydrogens is 338 g/mol. The quantitative estimate of drug-likeness (QED) is 0.891. The lowest BCUT2D eigenvalue weighted by Crippen LogP contribution is -2.28. The van der Waals surface area contributed by atoms with Crippen LogP contribution in [-0.4, -0.2) is 41.9 Å². The number of nitrogens with zero attached hydrogens (tertiary/aromatic N) is 2. The van der Waals surface area contributed by atoms with Crippen molar-refractivity contribution in [3.63, 3.8) is 0 Å². The first-order chi connectivity index (χ1) is 12.0. The van der Waals surface area contributed by atoms with Gasteiger partial charge in [-0.2, -0.15) is 0 Å². The van der Waals surface area contributed by atoms with Crippen LogP contribution in [0.15, 0.2) is 24.3 Å². The van der Waals surface area contributed by atoms with Gasteiger partial charge in [-0.3, -0.25) is 9.59 Å². The summed E-state index contributed by atoms with van der Waals surface area (Å²) in [5.41, 5.74) is 1.82. The van der Waals surface area contributed by atoms with Crippen LogP contribution in [-0.2, 0) is 9.59 Å². The Hall–Kier alpha value is -2.41. The summed E-state index contributed by atoms with van der Waals surface area (Å²) in [5, 5.41) is 3.43. The molecule has 7 heteroatoms. The highest BCUT2D eigenvalue weighted by molar-refractivity contribution is 7.16. The van der Waals surface area contributed by atoms with E-state index in [2.05, 4.69) is 10.3 Å². The molecule has 2 heterocycles. The standard InChI is InChI=1S/C18H21N3O3S/c1-4-21-10-13(9-15(21)22)17(23)20-18-19-16(11(2)25-18)12-5-7-14(24-3)8-6-12/h5-8,13H,4,9-10H2,1-3H3,(H,19,20,23). The molecule has 1 aliphatic rings. The molecule has 0 saturated carbocycles. The van der Waals surface area contributed by atoms with Gasteiger partial charge in [0, 0.05) is 30.0 Å². The van der Waals surface area contributed by atoms with Crippen LogP contribution in [0.5, 0.6) is 5.75 Å². The van der Waals surface area contributed by atoms with E-state index in [0.717, 1.165) is 21.9 Å². The number of rotatable bonds is 5. The molecule has 1 N–H and O–H groups in total. The minimum atomic E-state index is -0.305. The highest BCUT2D eigenvalue weighted by Crippen LogP contribution is 2.32. The number of amides is 2. The van der Waals surface area contributed by atoms with Gasteiger partial charge in [-0.05, 0) is 38.1 Å². The van der Waals surface area contributed by atoms with E-state index < -0.39 is 0 Å². The van der Waals surface area contributed by atoms with E-state index in [1.54, 1.807) is 12.0 Å². The molecule has 132 valence electrons. The molecule has 0 radical (unpaired) electrons. The second kappa shape index (κ2) is 7.23. The Labute approximate surface area is 150 Å². The summed E-state index contributed by atoms with van der Waals surface area (Å²) in [7, 11) is 1.63. The third-order valence-electron chi connectivity index (χ3n) is 4.36. The molecule has 0 spiro atoms. The number of carbonyl (C=O) groups is 2. The molecular formula is C18H21N3O3S. The molecule has 2 amide bonds. The molecule has 0 aliphatic carbocycles. The fourth-order valence-corrected chi connectivity index (χ4v) is 3.77. The zero-order valence-electron chi connectivity index (χ0n) is 14.5. The molecule has 0 bridgehead atoms. The van der Waals surface area contributed by atoms with Crippen LogP contribution in [0, 0.1) is 12.8 Å². The molecule has 3 rings (SSSR count). The number of hydrogen-bond acceptors (Lipinski definition) is 5. The number of likely N-dealkylation sites (tertiary alicyclic amines) is 1. The van der Waals surface area contributed by atoms with Crippen LogP contribution in [0.2, 0.25) is 0 Å². The Morgan fingerprint density at radius 2 is 2.12 bits per heavy atom. The van der Waals surface area contributed by atoms with Crippen molar-refractivity contribution < 1.29 is 14.3 Å². The maximum Gasteiger partial charge on any atom is 0.231 e. The number of nitrogens with one attached hydrogen (secondary N) is 1. The molecule has 1 unspecified atom stereocenters. The number of aromatic nitrogens is 1. The Balaban J connectivity index is 1.72. The third kappa shape index (κ3) is 3.66. The topological polar surface area (TPSA) is 71.5 Å². The Kier molecular flexibility index (Phi) is 5.03. The van der Waals surface area contributed by atoms with Gasteiger partial charge in [-0.25, -0.2) is 4.98 Å². The fraction of sp³-hybridized carbons (Fsp3) is 0.389. The van der Waals surface area contributed by atoms with Gasteiger partial charge in [0.05, 0.1) is 18.7 Å². The number of aryl methyl sites for hydroxylation is 1. The van der Waals surface area contributed by atoms with Crippen molar-refractivity contribution in [1.82, 2.24) is 9.88 Å². The Morgan fingerprint density at radius 3 is 2.72 bits per heavy atom. The number of benzene rings is 1. The maximum absolute atomic E-state index is 12.4. The summed E-state index contributed by atoms with van der Waals surface area (Å²) in [6, 6.07) is 7.66. The van der Waals surface area contributed by atoms with Crippen LogP contribution in [0.25, 0.3) is 11.3 Å². The van der Waals surface area contributed by atoms with Crippen molar-refractivity contribution in [2.45, 2.75) is 20.3 Å². The summed E-state index contributed by atoms with van der Waals surface area (Å²) < 4.78 is 5.17. The van der Waals surface area contributed by atoms with Crippen molar-refractivity contribution in [3.05, 3.63) is 29.1 Å². The minimum Gasteiger partial charge on any atom is -0.497 e. The SMILES string of the molecule is CCN1CC(C(=O)Nc2nc(-c3ccc(OC)cc3)c(C)s2)CC1=O. The fourth-order valence-electron chi connectivity index (χ4n) is 2.93. The van der Waals surface area contributed by atoms with E-state index in [1.165, 1.54) is 11.3 Å². The van der Waals surface area contributed by atoms with Crippen LogP contribution in [0.3, 0.4) is 0 Å². The average molecular weight is 359 g/mol. The predicted octanol–water partition coefficient (Wildman–Crippen LogP) is 2.93. The molecule has 1 fully saturated rings. The van der Waals surface area contributed by atoms with Gasteiger partial charge in [0.1, 0.15) is 5.75 Å². The highest BCUT2D eigenvalue weighted by atomic mass is 32.1. The molecule has 2 aromatic rings. The van der Waals surface area contributed by atoms with Gasteiger partial charge < -0.3 is 15.0 Å². The van der Waals surface area contributed by atoms with E-state index in [0.29, 0.717) is 18.2 Å². The molecule has 1 aromatic heterocycles. The van der Waals surface area contributed by atoms with Crippen LogP contribution >= 0.6 is 11.3 Å². The number of anilines is 1. The number of methoxy groups -OCH3 is 1. The minimum absolute atomic E-state index is 0.0388. The van der Waals surface area contributed by atoms with Gasteiger partial charge in [0.15, 0.2) is 5.13 Å². The summed E-state index contributed by atoms with van der Waals surface area (Å²) >= 11 is 1.44. The molecule has 25 heavy (non-hydrogen) atoms. The van der Waals surface area contributed by atoms with Crippen molar-refractivity contribution in [3.8, 4) is 17.0 Å². The number of thiazole rings is 1. The Bertz CT molecular complexity index is 785. The highest BCUT2D eigenvalue weighted by Gasteiger charge is 2.33. The van der Waals surface area contributed by atoms with Gasteiger partial charge >= 0.3 is 0 Å². The zero-order valence-corrected chi connectivity index (χ0v) is 15.4. The summed E-state index contributed by atoms with van der Waals surface area (Å²) in [4.78, 5) is 31.5. The van der Waals surface area contributed by atoms with E-state index in [4.69, 9.17) is 4.74 Å². The van der Waals surface area contributed by atoms with Gasteiger partial charge in [0.2, 0.25) is 11.8 Å². The van der Waals surface area contributed by atoms with Crippen molar-refractivity contribution in [2.24, 2.45) is 5.92 Å². The monoisotopic (exact) mass is 359 g/mol. The first-order valence-corrected chi connectivity index (χ1v) is 9.04. The van der Waals surface area contributed by atoms with E-state index in [-0.39, 0.29) is 24.2 Å². The summed E-state index contributed by atoms with van der Waals surface area (Å²) in [6.07, 6.45) is 0.273. The van der Waals surface area contributed by atoms with Crippen molar-refractivity contribution in [1.29, 1.82) is 0 Å². The zero-order chi connectivity index (χ0) is 18.0. The lowest BCUT2D eigenvalue weighted by molar-refractivity contribution is -0.128. The van der Waals surface area contributed by atoms with Crippen molar-refractivity contribution in [2.75, 3.05) is 25.5 Å². The van der Waals surface area contributed by atoms with Gasteiger partial charge in [-0.1, -0.05) is 0 Å². The normalized spacial score (nSPS) is 17.0. The van der Waals surface area contributed by atoms with Crippen LogP contribution in [0.4, 0.5) is 5.13 Å². The maximum atomic E-state index is 12.4. The molecule has 1 aromatic carbocycles. The largest absolute Gasteiger partial charge is 0.497 e. The molecule has 1 aliphatic heterocycles. The molecule has 6 nitrogen and oxygen atoms in total. The summed E-state index contributed by atoms with van der Waals surface area (Å²) in [6.45, 7) is 5.02. The molecule has 1 atom stereocenters. The number of hydrogen-bond donors (Lipinski definition) is 1. The van der Waals surface area contributed by atoms with E-state index >= 15 is 0 Å². The van der Waals surface area contributed by atoms with Crippen LogP contribution in [0.1, 0.15) is 18.2 Å². The lowest BCUT2D eigenvalue weighted by atomic mass is 10.1. The second-order valence-electron chi connectivity index (χ2n) is 5.97. The van der Waals surface area contributed by atoms with Gasteiger partial charge in [-0.15, -0.1) is 11.3 Å². The lowest BCUT2D eigenvalue weighted by Gasteiger charge is -2.12. The van der Waals surface area contributed by atoms with Gasteiger partial charge in [0.25, 0.3) is 0 Å². The third-order valence-corrected chi connectivity index (χ3v) is 5.24. The Morgan fingerprint density at radius 1 is 1.40 bits per heavy atom. The van der Waals surface area contributed by atoms with Crippen molar-refractivity contribution >= 4 is 28.3 Å². The first kappa shape index (κ1) is 17.4. The summed E-state index contributed by atoms with van der Waals surface area (Å²) in [5.74, 6) is 0.383. The second-order valence-corrected chi connectivity index (χ2v) is 7.18. The molecule has 1 saturated heterocycles. The predicted molar refractivity (Wildman–Crippen MR) is 97.8 cm³/mol. The number of ether oxygens (including phenoxy) is 1. The average Bonchev–Trinajstić information content (AvgIpc) is 3.17. The smallest absolute Gasteiger partial charge is 0.231 e. The van der Waals surface area contributed by atoms with E-state index in [1.807, 2.05) is 38.1 Å². The van der Waals surface area contributed by atoms with Crippen LogP contribution < -0.4 is 10.1 Å². The van der Waals surface area contributed by atoms with E-state index in [9.17, 15) is 9.59 Å². The first-order valence-electron chi connectivity index (χ1n) is 8.22. The number of carbonyl (C=O) groups excluding carboxylic acids is 2.